The molecular formula is C26H51N5O4. The fraction of sp³-hybridized carbons (Fsp3) is 0.923. The lowest BCUT2D eigenvalue weighted by Gasteiger charge is -2.41. The number of carboxylic acid groups (broad SMARTS) is 1. The van der Waals surface area contributed by atoms with Gasteiger partial charge in [-0.2, -0.15) is 0 Å². The molecule has 0 aromatic carbocycles. The first kappa shape index (κ1) is 30.1. The molecule has 1 saturated heterocycles. The molecule has 7 unspecified atom stereocenters. The van der Waals surface area contributed by atoms with Crippen LogP contribution in [-0.2, 0) is 4.79 Å². The van der Waals surface area contributed by atoms with Gasteiger partial charge < -0.3 is 41.0 Å². The monoisotopic (exact) mass is 497 g/mol. The first-order valence-corrected chi connectivity index (χ1v) is 13.8. The molecule has 0 saturated carbocycles. The van der Waals surface area contributed by atoms with Crippen molar-refractivity contribution in [1.29, 1.82) is 0 Å². The third-order valence-electron chi connectivity index (χ3n) is 7.90. The van der Waals surface area contributed by atoms with Crippen LogP contribution in [0.4, 0.5) is 0 Å². The molecule has 9 nitrogen and oxygen atoms in total. The molecule has 0 spiro atoms. The van der Waals surface area contributed by atoms with Crippen molar-refractivity contribution in [1.82, 2.24) is 16.0 Å². The molecular weight excluding hydrogens is 446 g/mol. The van der Waals surface area contributed by atoms with Crippen LogP contribution >= 0.6 is 0 Å². The highest BCUT2D eigenvalue weighted by atomic mass is 16.4. The van der Waals surface area contributed by atoms with Gasteiger partial charge in [-0.3, -0.25) is 0 Å². The SMILES string of the molecule is CCNCC(O)(CCCCCCC(CCC1NC(C)C(O)CC1[NH+]1CC=NC1)CNC)CC(=O)[O-]. The zero-order valence-electron chi connectivity index (χ0n) is 22.2. The van der Waals surface area contributed by atoms with Gasteiger partial charge in [-0.15, -0.1) is 0 Å². The Bertz CT molecular complexity index is 629. The Balaban J connectivity index is 1.73. The quantitative estimate of drug-likeness (QED) is 0.131. The van der Waals surface area contributed by atoms with Crippen LogP contribution in [0.1, 0.15) is 78.1 Å². The number of nitrogens with one attached hydrogen (secondary N) is 4. The second kappa shape index (κ2) is 15.9. The van der Waals surface area contributed by atoms with Crippen LogP contribution in [0.3, 0.4) is 0 Å². The van der Waals surface area contributed by atoms with Crippen molar-refractivity contribution in [2.24, 2.45) is 10.9 Å². The number of likely N-dealkylation sites (N-methyl/N-ethyl adjacent to an activating group) is 1. The molecule has 0 aromatic rings. The zero-order valence-corrected chi connectivity index (χ0v) is 22.2. The van der Waals surface area contributed by atoms with Gasteiger partial charge in [0.15, 0.2) is 6.67 Å². The highest BCUT2D eigenvalue weighted by Gasteiger charge is 2.40. The van der Waals surface area contributed by atoms with E-state index in [9.17, 15) is 20.1 Å². The third-order valence-corrected chi connectivity index (χ3v) is 7.90. The molecule has 0 amide bonds. The fourth-order valence-corrected chi connectivity index (χ4v) is 5.78. The second-order valence-corrected chi connectivity index (χ2v) is 10.9. The summed E-state index contributed by atoms with van der Waals surface area (Å²) in [5.41, 5.74) is -1.22. The Labute approximate surface area is 212 Å². The van der Waals surface area contributed by atoms with E-state index in [1.807, 2.05) is 20.2 Å². The third kappa shape index (κ3) is 10.8. The number of hydrogen-bond acceptors (Lipinski definition) is 8. The van der Waals surface area contributed by atoms with Crippen molar-refractivity contribution in [2.75, 3.05) is 39.9 Å². The van der Waals surface area contributed by atoms with Gasteiger partial charge in [-0.25, -0.2) is 4.99 Å². The van der Waals surface area contributed by atoms with E-state index in [0.717, 1.165) is 71.1 Å². The number of aliphatic imine (C=N–C) groups is 1. The normalized spacial score (nSPS) is 29.2. The summed E-state index contributed by atoms with van der Waals surface area (Å²) in [6.07, 6.45) is 10.2. The van der Waals surface area contributed by atoms with Gasteiger partial charge in [-0.05, 0) is 58.7 Å². The van der Waals surface area contributed by atoms with Crippen LogP contribution in [0.25, 0.3) is 0 Å². The van der Waals surface area contributed by atoms with Crippen LogP contribution in [0.2, 0.25) is 0 Å². The molecule has 2 aliphatic heterocycles. The standard InChI is InChI=1S/C26H51N5O4/c1-4-28-18-26(35,16-25(33)34)12-8-6-5-7-9-21(17-27-3)10-11-22-23(31-14-13-29-19-31)15-24(32)20(2)30-22/h13,20-24,27-28,30,32,35H,4-12,14-19H2,1-3H3,(H,33,34). The molecule has 6 N–H and O–H groups in total. The Morgan fingerprint density at radius 1 is 1.31 bits per heavy atom. The summed E-state index contributed by atoms with van der Waals surface area (Å²) in [6, 6.07) is 0.938. The van der Waals surface area contributed by atoms with Gasteiger partial charge in [-0.1, -0.05) is 32.6 Å². The summed E-state index contributed by atoms with van der Waals surface area (Å²) in [4.78, 5) is 16.9. The number of quaternary nitrogens is 1. The number of nitrogens with zero attached hydrogens (tertiary/aromatic N) is 1. The van der Waals surface area contributed by atoms with Gasteiger partial charge >= 0.3 is 0 Å². The number of carboxylic acids is 1. The van der Waals surface area contributed by atoms with Crippen molar-refractivity contribution in [3.8, 4) is 0 Å². The second-order valence-electron chi connectivity index (χ2n) is 10.9. The molecule has 1 fully saturated rings. The van der Waals surface area contributed by atoms with E-state index in [-0.39, 0.29) is 18.6 Å². The minimum absolute atomic E-state index is 0.130. The maximum atomic E-state index is 11.0. The van der Waals surface area contributed by atoms with E-state index in [1.165, 1.54) is 4.90 Å². The number of aliphatic hydroxyl groups excluding tert-OH is 1. The summed E-state index contributed by atoms with van der Waals surface area (Å²) in [5.74, 6) is -0.587. The molecule has 35 heavy (non-hydrogen) atoms. The number of carbonyl (C=O) groups is 1. The van der Waals surface area contributed by atoms with Crippen molar-refractivity contribution < 1.29 is 25.0 Å². The molecule has 9 heteroatoms. The molecule has 2 aliphatic rings. The smallest absolute Gasteiger partial charge is 0.171 e. The van der Waals surface area contributed by atoms with E-state index in [2.05, 4.69) is 27.9 Å². The van der Waals surface area contributed by atoms with Crippen LogP contribution in [0.15, 0.2) is 4.99 Å². The average molecular weight is 498 g/mol. The summed E-state index contributed by atoms with van der Waals surface area (Å²) in [7, 11) is 2.02. The zero-order chi connectivity index (χ0) is 25.7. The Hall–Kier alpha value is -1.10. The van der Waals surface area contributed by atoms with E-state index in [0.29, 0.717) is 37.5 Å². The van der Waals surface area contributed by atoms with Crippen molar-refractivity contribution >= 4 is 12.2 Å². The highest BCUT2D eigenvalue weighted by molar-refractivity contribution is 5.65. The predicted molar refractivity (Wildman–Crippen MR) is 137 cm³/mol. The number of aliphatic carboxylic acids is 1. The van der Waals surface area contributed by atoms with E-state index in [4.69, 9.17) is 0 Å². The number of carbonyl (C=O) groups excluding carboxylic acids is 1. The average Bonchev–Trinajstić information content (AvgIpc) is 3.34. The Morgan fingerprint density at radius 2 is 2.09 bits per heavy atom. The summed E-state index contributed by atoms with van der Waals surface area (Å²) >= 11 is 0. The lowest BCUT2D eigenvalue weighted by Crippen LogP contribution is -3.16. The number of aliphatic hydroxyl groups is 2. The minimum Gasteiger partial charge on any atom is -0.550 e. The van der Waals surface area contributed by atoms with Gasteiger partial charge in [0, 0.05) is 31.4 Å². The number of piperidine rings is 1. The summed E-state index contributed by atoms with van der Waals surface area (Å²) in [5, 5.41) is 42.2. The lowest BCUT2D eigenvalue weighted by molar-refractivity contribution is -0.914. The van der Waals surface area contributed by atoms with Crippen LogP contribution in [0, 0.1) is 5.92 Å². The molecule has 204 valence electrons. The first-order chi connectivity index (χ1) is 16.8. The van der Waals surface area contributed by atoms with Gasteiger partial charge in [0.05, 0.1) is 24.0 Å². The fourth-order valence-electron chi connectivity index (χ4n) is 5.78. The number of rotatable bonds is 18. The van der Waals surface area contributed by atoms with Crippen LogP contribution < -0.4 is 26.0 Å². The minimum atomic E-state index is -1.22. The molecule has 7 atom stereocenters. The Morgan fingerprint density at radius 3 is 2.74 bits per heavy atom. The van der Waals surface area contributed by atoms with Crippen molar-refractivity contribution in [2.45, 2.75) is 108 Å². The summed E-state index contributed by atoms with van der Waals surface area (Å²) in [6.45, 7) is 7.79. The largest absolute Gasteiger partial charge is 0.550 e. The maximum absolute atomic E-state index is 11.0. The molecule has 0 aromatic heterocycles. The Kier molecular flexibility index (Phi) is 13.7. The maximum Gasteiger partial charge on any atom is 0.171 e. The van der Waals surface area contributed by atoms with E-state index < -0.39 is 11.6 Å². The van der Waals surface area contributed by atoms with E-state index in [1.54, 1.807) is 0 Å². The van der Waals surface area contributed by atoms with E-state index >= 15 is 0 Å². The molecule has 2 heterocycles. The lowest BCUT2D eigenvalue weighted by atomic mass is 9.85. The molecule has 0 aliphatic carbocycles. The topological polar surface area (TPSA) is 133 Å². The van der Waals surface area contributed by atoms with Gasteiger partial charge in [0.2, 0.25) is 0 Å². The highest BCUT2D eigenvalue weighted by Crippen LogP contribution is 2.23. The predicted octanol–water partition coefficient (Wildman–Crippen LogP) is -1.17. The summed E-state index contributed by atoms with van der Waals surface area (Å²) < 4.78 is 0. The van der Waals surface area contributed by atoms with Crippen LogP contribution in [-0.4, -0.2) is 92.1 Å². The van der Waals surface area contributed by atoms with Crippen molar-refractivity contribution in [3.05, 3.63) is 0 Å². The van der Waals surface area contributed by atoms with Gasteiger partial charge in [0.1, 0.15) is 12.6 Å². The van der Waals surface area contributed by atoms with Crippen LogP contribution in [0.5, 0.6) is 0 Å². The molecule has 0 bridgehead atoms. The first-order valence-electron chi connectivity index (χ1n) is 13.8. The molecule has 2 rings (SSSR count). The van der Waals surface area contributed by atoms with Crippen molar-refractivity contribution in [3.63, 3.8) is 0 Å². The number of unbranched alkanes of at least 4 members (excludes halogenated alkanes) is 3. The molecule has 0 radical (unpaired) electrons. The number of hydrogen-bond donors (Lipinski definition) is 6. The van der Waals surface area contributed by atoms with Gasteiger partial charge in [0.25, 0.3) is 0 Å².